The monoisotopic (exact) mass is 344 g/mol. The Hall–Kier alpha value is -3.27. The lowest BCUT2D eigenvalue weighted by Crippen LogP contribution is -2.43. The van der Waals surface area contributed by atoms with E-state index in [1.54, 1.807) is 18.2 Å². The van der Waals surface area contributed by atoms with E-state index in [9.17, 15) is 9.90 Å². The van der Waals surface area contributed by atoms with E-state index in [-0.39, 0.29) is 17.8 Å². The summed E-state index contributed by atoms with van der Waals surface area (Å²) in [5.41, 5.74) is 3.55. The van der Waals surface area contributed by atoms with Gasteiger partial charge in [-0.05, 0) is 41.8 Å². The van der Waals surface area contributed by atoms with Gasteiger partial charge in [0.05, 0.1) is 5.56 Å². The standard InChI is InChI=1S/C22H20N2O2/c25-18-10-6-9-17(15-18)21-23-20-12-5-4-11-19(20)22(26)24(21)14-13-16-7-2-1-3-8-16/h1-12,15,21,23,25H,13-14H2/t21-/m1/s1. The van der Waals surface area contributed by atoms with Gasteiger partial charge in [0.25, 0.3) is 5.91 Å². The molecule has 2 N–H and O–H groups in total. The van der Waals surface area contributed by atoms with Gasteiger partial charge in [0.15, 0.2) is 0 Å². The average molecular weight is 344 g/mol. The number of nitrogens with zero attached hydrogens (tertiary/aromatic N) is 1. The maximum atomic E-state index is 13.1. The molecule has 0 fully saturated rings. The molecule has 0 radical (unpaired) electrons. The van der Waals surface area contributed by atoms with E-state index in [1.807, 2.05) is 53.4 Å². The van der Waals surface area contributed by atoms with E-state index in [0.717, 1.165) is 17.7 Å². The number of phenols is 1. The summed E-state index contributed by atoms with van der Waals surface area (Å²) in [6.45, 7) is 0.588. The Morgan fingerprint density at radius 2 is 1.69 bits per heavy atom. The summed E-state index contributed by atoms with van der Waals surface area (Å²) in [5.74, 6) is 0.197. The van der Waals surface area contributed by atoms with Crippen LogP contribution in [0, 0.1) is 0 Å². The van der Waals surface area contributed by atoms with Crippen molar-refractivity contribution in [1.82, 2.24) is 4.90 Å². The van der Waals surface area contributed by atoms with E-state index >= 15 is 0 Å². The molecule has 1 atom stereocenters. The first-order chi connectivity index (χ1) is 12.7. The van der Waals surface area contributed by atoms with Gasteiger partial charge in [-0.2, -0.15) is 0 Å². The summed E-state index contributed by atoms with van der Waals surface area (Å²) in [7, 11) is 0. The second kappa shape index (κ2) is 6.92. The predicted octanol–water partition coefficient (Wildman–Crippen LogP) is 4.20. The molecule has 3 aromatic rings. The van der Waals surface area contributed by atoms with Crippen LogP contribution in [0.15, 0.2) is 78.9 Å². The molecular formula is C22H20N2O2. The van der Waals surface area contributed by atoms with Gasteiger partial charge in [0, 0.05) is 12.2 Å². The third-order valence-corrected chi connectivity index (χ3v) is 4.69. The third-order valence-electron chi connectivity index (χ3n) is 4.69. The fourth-order valence-electron chi connectivity index (χ4n) is 3.38. The number of hydrogen-bond acceptors (Lipinski definition) is 3. The molecule has 1 amide bonds. The SMILES string of the molecule is O=C1c2ccccc2N[C@@H](c2cccc(O)c2)N1CCc1ccccc1. The zero-order chi connectivity index (χ0) is 17.9. The van der Waals surface area contributed by atoms with Gasteiger partial charge in [0.1, 0.15) is 11.9 Å². The minimum Gasteiger partial charge on any atom is -0.508 e. The van der Waals surface area contributed by atoms with Gasteiger partial charge in [-0.25, -0.2) is 0 Å². The number of aromatic hydroxyl groups is 1. The van der Waals surface area contributed by atoms with Crippen molar-refractivity contribution in [2.24, 2.45) is 0 Å². The summed E-state index contributed by atoms with van der Waals surface area (Å²) in [6.07, 6.45) is 0.458. The second-order valence-corrected chi connectivity index (χ2v) is 6.42. The lowest BCUT2D eigenvalue weighted by molar-refractivity contribution is 0.0685. The minimum absolute atomic E-state index is 0.00336. The van der Waals surface area contributed by atoms with Crippen LogP contribution in [0.5, 0.6) is 5.75 Å². The molecular weight excluding hydrogens is 324 g/mol. The van der Waals surface area contributed by atoms with Crippen LogP contribution in [0.25, 0.3) is 0 Å². The molecule has 4 nitrogen and oxygen atoms in total. The van der Waals surface area contributed by atoms with Crippen molar-refractivity contribution >= 4 is 11.6 Å². The number of anilines is 1. The molecule has 4 heteroatoms. The van der Waals surface area contributed by atoms with Crippen LogP contribution < -0.4 is 5.32 Å². The smallest absolute Gasteiger partial charge is 0.257 e. The predicted molar refractivity (Wildman–Crippen MR) is 102 cm³/mol. The van der Waals surface area contributed by atoms with E-state index in [1.165, 1.54) is 5.56 Å². The number of hydrogen-bond donors (Lipinski definition) is 2. The number of amides is 1. The Kier molecular flexibility index (Phi) is 4.32. The number of benzene rings is 3. The summed E-state index contributed by atoms with van der Waals surface area (Å²) < 4.78 is 0. The zero-order valence-corrected chi connectivity index (χ0v) is 14.3. The first-order valence-electron chi connectivity index (χ1n) is 8.72. The normalized spacial score (nSPS) is 16.1. The van der Waals surface area contributed by atoms with Crippen molar-refractivity contribution in [2.45, 2.75) is 12.6 Å². The van der Waals surface area contributed by atoms with Gasteiger partial charge in [0.2, 0.25) is 0 Å². The molecule has 0 aromatic heterocycles. The lowest BCUT2D eigenvalue weighted by atomic mass is 10.0. The molecule has 26 heavy (non-hydrogen) atoms. The van der Waals surface area contributed by atoms with Crippen molar-refractivity contribution in [2.75, 3.05) is 11.9 Å². The van der Waals surface area contributed by atoms with Crippen LogP contribution in [-0.4, -0.2) is 22.5 Å². The number of para-hydroxylation sites is 1. The Bertz CT molecular complexity index is 924. The van der Waals surface area contributed by atoms with Gasteiger partial charge in [-0.1, -0.05) is 54.6 Å². The van der Waals surface area contributed by atoms with Gasteiger partial charge < -0.3 is 15.3 Å². The van der Waals surface area contributed by atoms with Crippen LogP contribution in [-0.2, 0) is 6.42 Å². The maximum Gasteiger partial charge on any atom is 0.257 e. The Balaban J connectivity index is 1.68. The number of carbonyl (C=O) groups is 1. The fourth-order valence-corrected chi connectivity index (χ4v) is 3.38. The summed E-state index contributed by atoms with van der Waals surface area (Å²) in [6, 6.07) is 24.8. The number of phenolic OH excluding ortho intramolecular Hbond substituents is 1. The molecule has 3 aromatic carbocycles. The molecule has 1 aliphatic heterocycles. The highest BCUT2D eigenvalue weighted by atomic mass is 16.3. The van der Waals surface area contributed by atoms with Gasteiger partial charge in [-0.3, -0.25) is 4.79 Å². The van der Waals surface area contributed by atoms with Crippen molar-refractivity contribution in [3.63, 3.8) is 0 Å². The van der Waals surface area contributed by atoms with Crippen molar-refractivity contribution in [1.29, 1.82) is 0 Å². The summed E-state index contributed by atoms with van der Waals surface area (Å²) in [4.78, 5) is 15.0. The second-order valence-electron chi connectivity index (χ2n) is 6.42. The Morgan fingerprint density at radius 1 is 0.923 bits per heavy atom. The largest absolute Gasteiger partial charge is 0.508 e. The first-order valence-corrected chi connectivity index (χ1v) is 8.72. The first kappa shape index (κ1) is 16.2. The topological polar surface area (TPSA) is 52.6 Å². The number of fused-ring (bicyclic) bond motifs is 1. The third kappa shape index (κ3) is 3.14. The molecule has 1 heterocycles. The van der Waals surface area contributed by atoms with Gasteiger partial charge in [-0.15, -0.1) is 0 Å². The molecule has 1 aliphatic rings. The Morgan fingerprint density at radius 3 is 2.50 bits per heavy atom. The highest BCUT2D eigenvalue weighted by molar-refractivity contribution is 6.01. The highest BCUT2D eigenvalue weighted by Gasteiger charge is 2.32. The maximum absolute atomic E-state index is 13.1. The van der Waals surface area contributed by atoms with Crippen molar-refractivity contribution < 1.29 is 9.90 Å². The van der Waals surface area contributed by atoms with Gasteiger partial charge >= 0.3 is 0 Å². The summed E-state index contributed by atoms with van der Waals surface area (Å²) >= 11 is 0. The molecule has 0 aliphatic carbocycles. The molecule has 4 rings (SSSR count). The zero-order valence-electron chi connectivity index (χ0n) is 14.3. The van der Waals surface area contributed by atoms with E-state index in [2.05, 4.69) is 17.4 Å². The number of rotatable bonds is 4. The van der Waals surface area contributed by atoms with Crippen molar-refractivity contribution in [3.05, 3.63) is 95.6 Å². The van der Waals surface area contributed by atoms with Crippen LogP contribution in [0.1, 0.15) is 27.7 Å². The number of carbonyl (C=O) groups excluding carboxylic acids is 1. The van der Waals surface area contributed by atoms with Crippen LogP contribution >= 0.6 is 0 Å². The minimum atomic E-state index is -0.312. The Labute approximate surface area is 152 Å². The van der Waals surface area contributed by atoms with Crippen LogP contribution in [0.3, 0.4) is 0 Å². The molecule has 0 unspecified atom stereocenters. The molecule has 0 saturated carbocycles. The van der Waals surface area contributed by atoms with Crippen LogP contribution in [0.4, 0.5) is 5.69 Å². The quantitative estimate of drug-likeness (QED) is 0.746. The van der Waals surface area contributed by atoms with Crippen molar-refractivity contribution in [3.8, 4) is 5.75 Å². The molecule has 0 saturated heterocycles. The summed E-state index contributed by atoms with van der Waals surface area (Å²) in [5, 5.41) is 13.3. The van der Waals surface area contributed by atoms with E-state index < -0.39 is 0 Å². The highest BCUT2D eigenvalue weighted by Crippen LogP contribution is 2.34. The fraction of sp³-hybridized carbons (Fsp3) is 0.136. The van der Waals surface area contributed by atoms with E-state index in [4.69, 9.17) is 0 Å². The molecule has 130 valence electrons. The lowest BCUT2D eigenvalue weighted by Gasteiger charge is -2.38. The average Bonchev–Trinajstić information content (AvgIpc) is 2.68. The molecule has 0 spiro atoms. The van der Waals surface area contributed by atoms with Crippen LogP contribution in [0.2, 0.25) is 0 Å². The molecule has 0 bridgehead atoms. The van der Waals surface area contributed by atoms with E-state index in [0.29, 0.717) is 12.1 Å². The number of nitrogens with one attached hydrogen (secondary N) is 1.